The minimum absolute atomic E-state index is 0.506. The number of pyridine rings is 1. The molecule has 0 radical (unpaired) electrons. The number of benzene rings is 5. The molecule has 3 aromatic heterocycles. The molecule has 4 heterocycles. The molecular formula is C44H36BN5O2. The minimum atomic E-state index is -0.581. The molecule has 0 bridgehead atoms. The fraction of sp³-hybridized carbons (Fsp3) is 0.136. The van der Waals surface area contributed by atoms with E-state index < -0.39 is 18.3 Å². The van der Waals surface area contributed by atoms with Gasteiger partial charge in [-0.1, -0.05) is 103 Å². The number of para-hydroxylation sites is 1. The quantitative estimate of drug-likeness (QED) is 0.163. The molecule has 5 aromatic carbocycles. The Morgan fingerprint density at radius 1 is 0.481 bits per heavy atom. The average molecular weight is 678 g/mol. The van der Waals surface area contributed by atoms with Gasteiger partial charge in [-0.05, 0) is 80.7 Å². The van der Waals surface area contributed by atoms with Crippen LogP contribution >= 0.6 is 0 Å². The fourth-order valence-electron chi connectivity index (χ4n) is 6.89. The first-order valence-corrected chi connectivity index (χ1v) is 17.6. The maximum atomic E-state index is 6.61. The van der Waals surface area contributed by atoms with Crippen LogP contribution in [0.4, 0.5) is 0 Å². The van der Waals surface area contributed by atoms with Crippen LogP contribution in [0.5, 0.6) is 0 Å². The lowest BCUT2D eigenvalue weighted by molar-refractivity contribution is 0.00578. The Kier molecular flexibility index (Phi) is 7.61. The normalized spacial score (nSPS) is 15.0. The van der Waals surface area contributed by atoms with Crippen molar-refractivity contribution < 1.29 is 9.31 Å². The van der Waals surface area contributed by atoms with Crippen LogP contribution < -0.4 is 5.46 Å². The molecule has 0 N–H and O–H groups in total. The lowest BCUT2D eigenvalue weighted by Gasteiger charge is -2.32. The zero-order chi connectivity index (χ0) is 35.5. The van der Waals surface area contributed by atoms with Crippen LogP contribution in [0.25, 0.3) is 72.9 Å². The van der Waals surface area contributed by atoms with E-state index in [0.717, 1.165) is 60.9 Å². The highest BCUT2D eigenvalue weighted by molar-refractivity contribution is 6.62. The summed E-state index contributed by atoms with van der Waals surface area (Å²) < 4.78 is 15.4. The summed E-state index contributed by atoms with van der Waals surface area (Å²) in [5.74, 6) is 2.66. The Balaban J connectivity index is 1.26. The van der Waals surface area contributed by atoms with E-state index in [1.807, 2.05) is 85.1 Å². The van der Waals surface area contributed by atoms with Crippen LogP contribution in [0.3, 0.4) is 0 Å². The monoisotopic (exact) mass is 677 g/mol. The second kappa shape index (κ2) is 12.4. The molecule has 0 spiro atoms. The molecule has 0 saturated carbocycles. The van der Waals surface area contributed by atoms with Gasteiger partial charge in [-0.15, -0.1) is 0 Å². The first-order chi connectivity index (χ1) is 25.2. The summed E-state index contributed by atoms with van der Waals surface area (Å²) in [4.78, 5) is 19.8. The smallest absolute Gasteiger partial charge is 0.399 e. The minimum Gasteiger partial charge on any atom is -0.399 e. The van der Waals surface area contributed by atoms with Crippen LogP contribution in [-0.2, 0) is 9.31 Å². The summed E-state index contributed by atoms with van der Waals surface area (Å²) in [6.45, 7) is 8.31. The van der Waals surface area contributed by atoms with Crippen LogP contribution in [0, 0.1) is 0 Å². The van der Waals surface area contributed by atoms with Crippen molar-refractivity contribution in [1.29, 1.82) is 0 Å². The zero-order valence-corrected chi connectivity index (χ0v) is 29.5. The molecule has 1 aliphatic rings. The third-order valence-electron chi connectivity index (χ3n) is 10.3. The van der Waals surface area contributed by atoms with Crippen LogP contribution in [0.15, 0.2) is 146 Å². The van der Waals surface area contributed by atoms with Gasteiger partial charge in [0.25, 0.3) is 0 Å². The largest absolute Gasteiger partial charge is 0.494 e. The molecular weight excluding hydrogens is 641 g/mol. The number of fused-ring (bicyclic) bond motifs is 3. The van der Waals surface area contributed by atoms with E-state index in [2.05, 4.69) is 92.9 Å². The van der Waals surface area contributed by atoms with Crippen LogP contribution in [0.2, 0.25) is 0 Å². The third kappa shape index (κ3) is 5.57. The first-order valence-electron chi connectivity index (χ1n) is 17.6. The first kappa shape index (κ1) is 32.0. The standard InChI is InChI=1S/C44H36BN5O2/c1-43(2)44(3,4)52-45(51-43)34-26-32(31-22-23-38-36(28-31)35-19-11-12-20-37(35)50(38)39-21-13-14-24-46-39)25-33(27-34)42-48-40(29-15-7-5-8-16-29)47-41(49-42)30-17-9-6-10-18-30/h5-28H,1-4H3. The van der Waals surface area contributed by atoms with Crippen molar-refractivity contribution in [2.75, 3.05) is 0 Å². The summed E-state index contributed by atoms with van der Waals surface area (Å²) in [6, 6.07) is 47.6. The van der Waals surface area contributed by atoms with Crippen molar-refractivity contribution in [3.05, 3.63) is 146 Å². The molecule has 1 saturated heterocycles. The predicted molar refractivity (Wildman–Crippen MR) is 209 cm³/mol. The molecule has 7 nitrogen and oxygen atoms in total. The average Bonchev–Trinajstić information content (AvgIpc) is 3.63. The Bertz CT molecular complexity index is 2510. The van der Waals surface area contributed by atoms with E-state index in [0.29, 0.717) is 17.5 Å². The molecule has 52 heavy (non-hydrogen) atoms. The Hall–Kier alpha value is -5.96. The topological polar surface area (TPSA) is 75.0 Å². The number of aromatic nitrogens is 5. The molecule has 0 amide bonds. The number of hydrogen-bond donors (Lipinski definition) is 0. The second-order valence-corrected chi connectivity index (χ2v) is 14.2. The molecule has 0 unspecified atom stereocenters. The Morgan fingerprint density at radius 3 is 1.67 bits per heavy atom. The predicted octanol–water partition coefficient (Wildman–Crippen LogP) is 9.33. The highest BCUT2D eigenvalue weighted by atomic mass is 16.7. The van der Waals surface area contributed by atoms with Gasteiger partial charge in [-0.3, -0.25) is 4.57 Å². The maximum Gasteiger partial charge on any atom is 0.494 e. The Morgan fingerprint density at radius 2 is 1.04 bits per heavy atom. The fourth-order valence-corrected chi connectivity index (χ4v) is 6.89. The van der Waals surface area contributed by atoms with Gasteiger partial charge in [0.05, 0.1) is 22.2 Å². The highest BCUT2D eigenvalue weighted by Crippen LogP contribution is 2.39. The van der Waals surface area contributed by atoms with Gasteiger partial charge >= 0.3 is 7.12 Å². The zero-order valence-electron chi connectivity index (χ0n) is 29.5. The molecule has 1 aliphatic heterocycles. The van der Waals surface area contributed by atoms with E-state index >= 15 is 0 Å². The summed E-state index contributed by atoms with van der Waals surface area (Å²) in [7, 11) is -0.581. The van der Waals surface area contributed by atoms with Crippen LogP contribution in [0.1, 0.15) is 27.7 Å². The van der Waals surface area contributed by atoms with Gasteiger partial charge in [0.1, 0.15) is 5.82 Å². The van der Waals surface area contributed by atoms with E-state index in [9.17, 15) is 0 Å². The molecule has 0 aliphatic carbocycles. The molecule has 8 heteroatoms. The molecule has 1 fully saturated rings. The van der Waals surface area contributed by atoms with E-state index in [4.69, 9.17) is 29.2 Å². The molecule has 8 aromatic rings. The number of nitrogens with zero attached hydrogens (tertiary/aromatic N) is 5. The lowest BCUT2D eigenvalue weighted by Crippen LogP contribution is -2.41. The summed E-state index contributed by atoms with van der Waals surface area (Å²) in [5, 5.41) is 2.30. The highest BCUT2D eigenvalue weighted by Gasteiger charge is 2.51. The van der Waals surface area contributed by atoms with E-state index in [1.54, 1.807) is 0 Å². The summed E-state index contributed by atoms with van der Waals surface area (Å²) >= 11 is 0. The maximum absolute atomic E-state index is 6.61. The lowest BCUT2D eigenvalue weighted by atomic mass is 9.76. The van der Waals surface area contributed by atoms with E-state index in [1.165, 1.54) is 0 Å². The van der Waals surface area contributed by atoms with Crippen molar-refractivity contribution in [2.45, 2.75) is 38.9 Å². The van der Waals surface area contributed by atoms with Crippen molar-refractivity contribution in [2.24, 2.45) is 0 Å². The van der Waals surface area contributed by atoms with Gasteiger partial charge < -0.3 is 9.31 Å². The molecule has 252 valence electrons. The molecule has 9 rings (SSSR count). The summed E-state index contributed by atoms with van der Waals surface area (Å²) in [5.41, 5.74) is 6.80. The van der Waals surface area contributed by atoms with Gasteiger partial charge in [-0.25, -0.2) is 19.9 Å². The number of rotatable bonds is 6. The van der Waals surface area contributed by atoms with Crippen molar-refractivity contribution in [1.82, 2.24) is 24.5 Å². The van der Waals surface area contributed by atoms with E-state index in [-0.39, 0.29) is 0 Å². The van der Waals surface area contributed by atoms with Crippen molar-refractivity contribution >= 4 is 34.4 Å². The Labute approximate surface area is 303 Å². The second-order valence-electron chi connectivity index (χ2n) is 14.2. The van der Waals surface area contributed by atoms with Crippen LogP contribution in [-0.4, -0.2) is 42.8 Å². The SMILES string of the molecule is CC1(C)OB(c2cc(-c3ccc4c(c3)c3ccccc3n4-c3ccccn3)cc(-c3nc(-c4ccccc4)nc(-c4ccccc4)n3)c2)OC1(C)C. The third-order valence-corrected chi connectivity index (χ3v) is 10.3. The molecule has 0 atom stereocenters. The van der Waals surface area contributed by atoms with Crippen molar-refractivity contribution in [3.63, 3.8) is 0 Å². The van der Waals surface area contributed by atoms with Gasteiger partial charge in [0, 0.05) is 33.7 Å². The van der Waals surface area contributed by atoms with Crippen molar-refractivity contribution in [3.8, 4) is 51.1 Å². The summed E-state index contributed by atoms with van der Waals surface area (Å²) in [6.07, 6.45) is 1.83. The van der Waals surface area contributed by atoms with Gasteiger partial charge in [0.15, 0.2) is 17.5 Å². The van der Waals surface area contributed by atoms with Gasteiger partial charge in [0.2, 0.25) is 0 Å². The van der Waals surface area contributed by atoms with Gasteiger partial charge in [-0.2, -0.15) is 0 Å². The number of hydrogen-bond acceptors (Lipinski definition) is 6.